The Balaban J connectivity index is 1.63. The third-order valence-corrected chi connectivity index (χ3v) is 5.81. The number of rotatable bonds is 4. The molecule has 3 heterocycles. The molecule has 0 aromatic carbocycles. The third-order valence-electron chi connectivity index (χ3n) is 5.81. The summed E-state index contributed by atoms with van der Waals surface area (Å²) < 4.78 is 40.6. The Morgan fingerprint density at radius 2 is 1.96 bits per heavy atom. The highest BCUT2D eigenvalue weighted by molar-refractivity contribution is 5.67. The fourth-order valence-corrected chi connectivity index (χ4v) is 4.17. The lowest BCUT2D eigenvalue weighted by atomic mass is 9.77. The van der Waals surface area contributed by atoms with Crippen LogP contribution in [0.4, 0.5) is 24.9 Å². The van der Waals surface area contributed by atoms with Gasteiger partial charge in [0.2, 0.25) is 5.95 Å². The maximum Gasteiger partial charge on any atom is 0.433 e. The number of carboxylic acid groups (broad SMARTS) is 1. The molecule has 0 unspecified atom stereocenters. The smallest absolute Gasteiger partial charge is 0.433 e. The molecule has 3 aliphatic rings. The predicted octanol–water partition coefficient (Wildman–Crippen LogP) is 2.71. The summed E-state index contributed by atoms with van der Waals surface area (Å²) in [6.07, 6.45) is -1.81. The van der Waals surface area contributed by atoms with E-state index >= 15 is 0 Å². The molecule has 1 N–H and O–H groups in total. The molecule has 0 amide bonds. The van der Waals surface area contributed by atoms with E-state index in [-0.39, 0.29) is 42.4 Å². The van der Waals surface area contributed by atoms with E-state index in [9.17, 15) is 18.0 Å². The van der Waals surface area contributed by atoms with Gasteiger partial charge >= 0.3 is 12.1 Å². The summed E-state index contributed by atoms with van der Waals surface area (Å²) in [6, 6.07) is 0.214. The Morgan fingerprint density at radius 1 is 1.23 bits per heavy atom. The van der Waals surface area contributed by atoms with E-state index in [2.05, 4.69) is 9.97 Å². The molecule has 1 aromatic heterocycles. The second-order valence-corrected chi connectivity index (χ2v) is 7.54. The van der Waals surface area contributed by atoms with Crippen LogP contribution in [0.2, 0.25) is 0 Å². The molecule has 4 rings (SSSR count). The van der Waals surface area contributed by atoms with E-state index < -0.39 is 17.8 Å². The first-order chi connectivity index (χ1) is 12.2. The van der Waals surface area contributed by atoms with Gasteiger partial charge in [-0.05, 0) is 38.5 Å². The summed E-state index contributed by atoms with van der Waals surface area (Å²) in [7, 11) is 0. The van der Waals surface area contributed by atoms with Crippen LogP contribution in [0.5, 0.6) is 0 Å². The van der Waals surface area contributed by atoms with Gasteiger partial charge in [0.05, 0.1) is 0 Å². The summed E-state index contributed by atoms with van der Waals surface area (Å²) in [5.74, 6) is -0.185. The number of carbonyl (C=O) groups is 1. The number of aromatic nitrogens is 2. The fraction of sp³-hybridized carbons (Fsp3) is 0.706. The molecule has 1 saturated heterocycles. The van der Waals surface area contributed by atoms with Crippen molar-refractivity contribution in [3.8, 4) is 0 Å². The van der Waals surface area contributed by atoms with Crippen LogP contribution in [0.25, 0.3) is 0 Å². The summed E-state index contributed by atoms with van der Waals surface area (Å²) in [5, 5.41) is 8.88. The number of hydrogen-bond donors (Lipinski definition) is 1. The summed E-state index contributed by atoms with van der Waals surface area (Å²) >= 11 is 0. The molecule has 26 heavy (non-hydrogen) atoms. The van der Waals surface area contributed by atoms with Crippen LogP contribution >= 0.6 is 0 Å². The Labute approximate surface area is 149 Å². The van der Waals surface area contributed by atoms with Crippen molar-refractivity contribution in [2.75, 3.05) is 22.9 Å². The van der Waals surface area contributed by atoms with Crippen molar-refractivity contribution in [2.45, 2.75) is 57.3 Å². The number of alkyl halides is 3. The van der Waals surface area contributed by atoms with Crippen LogP contribution in [0.1, 0.15) is 43.9 Å². The molecule has 1 atom stereocenters. The van der Waals surface area contributed by atoms with Crippen LogP contribution in [-0.2, 0) is 17.4 Å². The molecular formula is C17H21F3N4O2. The second kappa shape index (κ2) is 5.99. The second-order valence-electron chi connectivity index (χ2n) is 7.54. The van der Waals surface area contributed by atoms with Gasteiger partial charge in [-0.25, -0.2) is 4.98 Å². The van der Waals surface area contributed by atoms with Crippen molar-refractivity contribution in [1.29, 1.82) is 0 Å². The Kier molecular flexibility index (Phi) is 4.00. The van der Waals surface area contributed by atoms with Crippen molar-refractivity contribution in [1.82, 2.24) is 9.97 Å². The van der Waals surface area contributed by atoms with Gasteiger partial charge < -0.3 is 14.9 Å². The molecule has 9 heteroatoms. The minimum absolute atomic E-state index is 0.0678. The van der Waals surface area contributed by atoms with Crippen LogP contribution in [0, 0.1) is 5.92 Å². The van der Waals surface area contributed by atoms with Crippen LogP contribution in [0.15, 0.2) is 0 Å². The zero-order valence-electron chi connectivity index (χ0n) is 14.5. The van der Waals surface area contributed by atoms with Crippen LogP contribution in [-0.4, -0.2) is 46.2 Å². The van der Waals surface area contributed by atoms with Crippen molar-refractivity contribution in [2.24, 2.45) is 5.92 Å². The standard InChI is InChI=1S/C17H21F3N4O2/c1-9-2-4-23(9)16-21-14(17(18,19)20)12-3-5-24(15(12)22-16)11-6-10(7-11)8-13(25)26/h9-11H,2-8H2,1H3,(H,25,26)/t9-,10-,11+/m0/s1. The summed E-state index contributed by atoms with van der Waals surface area (Å²) in [5.41, 5.74) is -0.642. The van der Waals surface area contributed by atoms with Gasteiger partial charge in [0.25, 0.3) is 0 Å². The Hall–Kier alpha value is -2.06. The maximum absolute atomic E-state index is 13.5. The number of anilines is 2. The van der Waals surface area contributed by atoms with E-state index in [1.165, 1.54) is 0 Å². The molecule has 6 nitrogen and oxygen atoms in total. The molecule has 142 valence electrons. The zero-order chi connectivity index (χ0) is 18.6. The minimum atomic E-state index is -4.50. The molecule has 0 radical (unpaired) electrons. The number of carboxylic acids is 1. The third kappa shape index (κ3) is 2.87. The van der Waals surface area contributed by atoms with Gasteiger partial charge in [-0.2, -0.15) is 18.2 Å². The first kappa shape index (κ1) is 17.4. The van der Waals surface area contributed by atoms with E-state index in [0.717, 1.165) is 6.42 Å². The average molecular weight is 370 g/mol. The van der Waals surface area contributed by atoms with Gasteiger partial charge in [-0.1, -0.05) is 0 Å². The fourth-order valence-electron chi connectivity index (χ4n) is 4.17. The number of halogens is 3. The van der Waals surface area contributed by atoms with Gasteiger partial charge in [0, 0.05) is 37.2 Å². The molecule has 0 bridgehead atoms. The van der Waals surface area contributed by atoms with Gasteiger partial charge in [0.1, 0.15) is 5.82 Å². The van der Waals surface area contributed by atoms with Gasteiger partial charge in [0.15, 0.2) is 5.69 Å². The Morgan fingerprint density at radius 3 is 2.50 bits per heavy atom. The molecular weight excluding hydrogens is 349 g/mol. The van der Waals surface area contributed by atoms with Gasteiger partial charge in [-0.3, -0.25) is 4.79 Å². The molecule has 1 aliphatic carbocycles. The van der Waals surface area contributed by atoms with E-state index in [1.807, 2.05) is 11.8 Å². The molecule has 1 saturated carbocycles. The largest absolute Gasteiger partial charge is 0.481 e. The van der Waals surface area contributed by atoms with Crippen LogP contribution < -0.4 is 9.80 Å². The van der Waals surface area contributed by atoms with E-state index in [0.29, 0.717) is 31.7 Å². The Bertz CT molecular complexity index is 733. The first-order valence-electron chi connectivity index (χ1n) is 8.97. The molecule has 0 spiro atoms. The predicted molar refractivity (Wildman–Crippen MR) is 88.3 cm³/mol. The lowest BCUT2D eigenvalue weighted by Crippen LogP contribution is -2.47. The molecule has 1 aromatic rings. The molecule has 2 aliphatic heterocycles. The van der Waals surface area contributed by atoms with Crippen molar-refractivity contribution < 1.29 is 23.1 Å². The SMILES string of the molecule is C[C@H]1CCN1c1nc2c(c(C(F)(F)F)n1)CCN2[C@H]1C[C@@H](CC(=O)O)C1. The number of hydrogen-bond acceptors (Lipinski definition) is 5. The minimum Gasteiger partial charge on any atom is -0.481 e. The number of nitrogens with zero attached hydrogens (tertiary/aromatic N) is 4. The van der Waals surface area contributed by atoms with E-state index in [4.69, 9.17) is 5.11 Å². The van der Waals surface area contributed by atoms with Crippen molar-refractivity contribution in [3.63, 3.8) is 0 Å². The monoisotopic (exact) mass is 370 g/mol. The van der Waals surface area contributed by atoms with E-state index in [1.54, 1.807) is 4.90 Å². The summed E-state index contributed by atoms with van der Waals surface area (Å²) in [4.78, 5) is 22.9. The summed E-state index contributed by atoms with van der Waals surface area (Å²) in [6.45, 7) is 3.10. The molecule has 2 fully saturated rings. The normalized spacial score (nSPS) is 27.8. The zero-order valence-corrected chi connectivity index (χ0v) is 14.5. The first-order valence-corrected chi connectivity index (χ1v) is 8.97. The average Bonchev–Trinajstić information content (AvgIpc) is 2.90. The lowest BCUT2D eigenvalue weighted by molar-refractivity contribution is -0.142. The number of aliphatic carboxylic acids is 1. The van der Waals surface area contributed by atoms with Gasteiger partial charge in [-0.15, -0.1) is 0 Å². The lowest BCUT2D eigenvalue weighted by Gasteiger charge is -2.42. The van der Waals surface area contributed by atoms with Crippen molar-refractivity contribution >= 4 is 17.7 Å². The highest BCUT2D eigenvalue weighted by atomic mass is 19.4. The number of fused-ring (bicyclic) bond motifs is 1. The highest BCUT2D eigenvalue weighted by Crippen LogP contribution is 2.44. The highest BCUT2D eigenvalue weighted by Gasteiger charge is 2.44. The topological polar surface area (TPSA) is 69.6 Å². The maximum atomic E-state index is 13.5. The van der Waals surface area contributed by atoms with Crippen LogP contribution in [0.3, 0.4) is 0 Å². The quantitative estimate of drug-likeness (QED) is 0.879. The van der Waals surface area contributed by atoms with Crippen molar-refractivity contribution in [3.05, 3.63) is 11.3 Å².